The zero-order chi connectivity index (χ0) is 0. The Labute approximate surface area is 1110 Å². The Morgan fingerprint density at radius 3 is 0.0541 bits per heavy atom. The van der Waals surface area contributed by atoms with Gasteiger partial charge in [-0.05, 0) is 0 Å². The summed E-state index contributed by atoms with van der Waals surface area (Å²) >= 11 is 0. The fraction of sp³-hybridized carbons (Fsp3) is 0. The third-order valence-corrected chi connectivity index (χ3v) is 0. The van der Waals surface area contributed by atoms with E-state index in [0.717, 1.165) is 0 Å². The Hall–Kier alpha value is 37.0. The molecule has 37 heavy (non-hydrogen) atoms. The smallest absolute Gasteiger partial charge is 1.00 e. The molecule has 74 valence electrons. The van der Waals surface area contributed by atoms with Gasteiger partial charge in [0.05, 0.1) is 0 Å². The van der Waals surface area contributed by atoms with E-state index in [2.05, 4.69) is 0 Å². The topological polar surface area (TPSA) is 0 Å². The first kappa shape index (κ1) is 288. The summed E-state index contributed by atoms with van der Waals surface area (Å²) in [5.74, 6) is 0. The molecule has 0 aromatic carbocycles. The van der Waals surface area contributed by atoms with Gasteiger partial charge in [0.1, 0.15) is 0 Å². The van der Waals surface area contributed by atoms with Gasteiger partial charge in [0.2, 0.25) is 0 Å². The van der Waals surface area contributed by atoms with Crippen molar-refractivity contribution in [2.45, 2.75) is 0 Å². The van der Waals surface area contributed by atoms with Crippen LogP contribution in [0.3, 0.4) is 0 Å². The van der Waals surface area contributed by atoms with E-state index in [1.54, 1.807) is 0 Å². The van der Waals surface area contributed by atoms with Gasteiger partial charge in [-0.2, -0.15) is 0 Å². The minimum absolute atomic E-state index is 0. The molecule has 0 bridgehead atoms. The van der Waals surface area contributed by atoms with Gasteiger partial charge in [0.15, 0.2) is 0 Å². The summed E-state index contributed by atoms with van der Waals surface area (Å²) in [5.41, 5.74) is 0. The summed E-state index contributed by atoms with van der Waals surface area (Å²) < 4.78 is 0. The van der Waals surface area contributed by atoms with Crippen LogP contribution in [0.15, 0.2) is 0 Å². The fourth-order valence-corrected chi connectivity index (χ4v) is 0. The van der Waals surface area contributed by atoms with E-state index < -0.39 is 0 Å². The first-order valence-electron chi connectivity index (χ1n) is 0. The van der Waals surface area contributed by atoms with Gasteiger partial charge in [-0.3, -0.25) is 0 Å². The van der Waals surface area contributed by atoms with Crippen molar-refractivity contribution in [2.24, 2.45) is 0 Å². The molecule has 0 rings (SSSR count). The molecule has 0 radical (unpaired) electrons. The van der Waals surface area contributed by atoms with E-state index in [4.69, 9.17) is 0 Å². The van der Waals surface area contributed by atoms with E-state index in [1.807, 2.05) is 0 Å². The summed E-state index contributed by atoms with van der Waals surface area (Å²) in [6.45, 7) is 0. The van der Waals surface area contributed by atoms with Gasteiger partial charge in [-0.15, -0.1) is 0 Å². The van der Waals surface area contributed by atoms with Gasteiger partial charge in [-0.25, -0.2) is 0 Å². The second kappa shape index (κ2) is 276. The van der Waals surface area contributed by atoms with Crippen molar-refractivity contribution in [1.29, 1.82) is 0 Å². The maximum Gasteiger partial charge on any atom is 1.00 e. The molecule has 0 aromatic heterocycles. The molecule has 0 aliphatic heterocycles. The first-order chi connectivity index (χ1) is 0. The second-order valence-electron chi connectivity index (χ2n) is 0. The molecule has 0 aromatic rings. The zero-order valence-corrected chi connectivity index (χ0v) is 111. The Morgan fingerprint density at radius 1 is 0.0541 bits per heavy atom. The molecule has 0 amide bonds. The maximum absolute atomic E-state index is 0. The largest absolute Gasteiger partial charge is 1.00 e. The van der Waals surface area contributed by atoms with Crippen LogP contribution < -0.4 is 1090 Å². The van der Waals surface area contributed by atoms with Gasteiger partial charge in [0.25, 0.3) is 0 Å². The van der Waals surface area contributed by atoms with Crippen molar-refractivity contribution in [1.82, 2.24) is 0 Å². The third-order valence-electron chi connectivity index (χ3n) is 0. The summed E-state index contributed by atoms with van der Waals surface area (Å²) in [6, 6.07) is 0. The summed E-state index contributed by atoms with van der Waals surface area (Å²) in [4.78, 5) is 0. The Bertz CT molecular complexity index is 74.0. The third kappa shape index (κ3) is 269. The van der Waals surface area contributed by atoms with Crippen LogP contribution >= 0.6 is 0 Å². The first-order valence-corrected chi connectivity index (χ1v) is 0. The Balaban J connectivity index is 0. The molecule has 0 aliphatic carbocycles. The average molecular weight is 888 g/mol. The molecule has 0 atom stereocenters. The minimum atomic E-state index is 0. The predicted octanol–water partition coefficient (Wildman–Crippen LogP) is -107. The SMILES string of the molecule is [H-].[H-].[H-].[H-].[H-].[H-].[H-].[H-].[H-].[H-].[H-].[H-].[H-].[H-].[H-].[H-].[H-].[H-].[H-].[H-].[H-].[H-].[H-].[H-].[H-].[H-].[H-].[H-].[H-].[H-].[H-].[H-].[H-].[H-].[H-].[H-].[H-].[Na+].[Na+].[Na+].[Na+].[Na+].[Na+].[Na+].[Na+].[Na+].[Na+].[Na+].[Na+].[Na+].[Na+].[Na+].[Na+].[Na+].[Na+].[Na+].[Na+].[Na+].[Na+].[Na+].[Na+].[Na+].[Na+].[Na+].[Na+].[Na+].[Na+].[Na+].[Na+].[Na+].[Na+].[Na+].[Na+].[Na+]. The standard InChI is InChI=1S/37Na.37H/q37*+1;37*-1. The van der Waals surface area contributed by atoms with Crippen LogP contribution in [0.1, 0.15) is 52.8 Å². The molecule has 0 aliphatic rings. The Kier molecular flexibility index (Phi) is 2150. The summed E-state index contributed by atoms with van der Waals surface area (Å²) in [7, 11) is 0. The summed E-state index contributed by atoms with van der Waals surface area (Å²) in [6.07, 6.45) is 0. The van der Waals surface area contributed by atoms with E-state index in [-0.39, 0.29) is 1150 Å². The molecule has 0 spiro atoms. The van der Waals surface area contributed by atoms with Gasteiger partial charge >= 0.3 is 1090 Å². The summed E-state index contributed by atoms with van der Waals surface area (Å²) in [5, 5.41) is 0. The molecule has 0 saturated heterocycles. The van der Waals surface area contributed by atoms with Crippen molar-refractivity contribution in [2.75, 3.05) is 0 Å². The molecule has 0 saturated carbocycles. The van der Waals surface area contributed by atoms with E-state index in [0.29, 0.717) is 0 Å². The van der Waals surface area contributed by atoms with Crippen LogP contribution in [0.4, 0.5) is 0 Å². The van der Waals surface area contributed by atoms with Crippen molar-refractivity contribution in [3.63, 3.8) is 0 Å². The normalized spacial score (nSPS) is 0. The number of hydrogen-bond acceptors (Lipinski definition) is 0. The van der Waals surface area contributed by atoms with E-state index in [9.17, 15) is 0 Å². The van der Waals surface area contributed by atoms with E-state index in [1.165, 1.54) is 0 Å². The minimum Gasteiger partial charge on any atom is -1.00 e. The number of hydrogen-bond donors (Lipinski definition) is 0. The fourth-order valence-electron chi connectivity index (χ4n) is 0. The maximum atomic E-state index is 0. The molecule has 0 heterocycles. The molecule has 37 heteroatoms. The molecular formula is H37Na37. The Morgan fingerprint density at radius 2 is 0.0541 bits per heavy atom. The van der Waals surface area contributed by atoms with Crippen LogP contribution in [-0.2, 0) is 0 Å². The van der Waals surface area contributed by atoms with Crippen LogP contribution in [0.5, 0.6) is 0 Å². The molecule has 0 nitrogen and oxygen atoms in total. The van der Waals surface area contributed by atoms with Crippen molar-refractivity contribution in [3.05, 3.63) is 0 Å². The molecule has 0 fully saturated rings. The van der Waals surface area contributed by atoms with Gasteiger partial charge in [-0.1, -0.05) is 0 Å². The number of rotatable bonds is 0. The predicted molar refractivity (Wildman–Crippen MR) is 41.1 cm³/mol. The van der Waals surface area contributed by atoms with Crippen molar-refractivity contribution in [3.8, 4) is 0 Å². The van der Waals surface area contributed by atoms with Crippen molar-refractivity contribution < 1.29 is 1150 Å². The molecule has 0 N–H and O–H groups in total. The van der Waals surface area contributed by atoms with Crippen LogP contribution in [0.25, 0.3) is 0 Å². The van der Waals surface area contributed by atoms with Crippen LogP contribution in [0.2, 0.25) is 0 Å². The molecule has 0 unspecified atom stereocenters. The average Bonchev–Trinajstić information content (AvgIpc) is 0. The second-order valence-corrected chi connectivity index (χ2v) is 0. The molecular weight excluding hydrogens is 851 g/mol. The van der Waals surface area contributed by atoms with Gasteiger partial charge < -0.3 is 52.8 Å². The van der Waals surface area contributed by atoms with Crippen LogP contribution in [-0.4, -0.2) is 0 Å². The van der Waals surface area contributed by atoms with Crippen molar-refractivity contribution >= 4 is 0 Å². The van der Waals surface area contributed by atoms with Gasteiger partial charge in [0, 0.05) is 0 Å². The zero-order valence-electron chi connectivity index (χ0n) is 74.0. The monoisotopic (exact) mass is 888 g/mol. The quantitative estimate of drug-likeness (QED) is 0.213. The van der Waals surface area contributed by atoms with E-state index >= 15 is 0 Å². The van der Waals surface area contributed by atoms with Crippen LogP contribution in [0, 0.1) is 0 Å².